The first-order valence-corrected chi connectivity index (χ1v) is 6.54. The highest BCUT2D eigenvalue weighted by molar-refractivity contribution is 4.96. The van der Waals surface area contributed by atoms with Crippen LogP contribution in [0.25, 0.3) is 0 Å². The Labute approximate surface area is 94.0 Å². The van der Waals surface area contributed by atoms with E-state index < -0.39 is 0 Å². The molecule has 2 aliphatic rings. The van der Waals surface area contributed by atoms with Gasteiger partial charge in [0.2, 0.25) is 0 Å². The first-order chi connectivity index (χ1) is 7.08. The SMILES string of the molecule is CC1(C)CC1CNCC1CCC(N)CC1. The third kappa shape index (κ3) is 3.18. The molecule has 0 amide bonds. The summed E-state index contributed by atoms with van der Waals surface area (Å²) in [6, 6.07) is 0.489. The summed E-state index contributed by atoms with van der Waals surface area (Å²) in [7, 11) is 0. The maximum Gasteiger partial charge on any atom is 0.00390 e. The Bertz CT molecular complexity index is 205. The van der Waals surface area contributed by atoms with Gasteiger partial charge in [-0.3, -0.25) is 0 Å². The second-order valence-electron chi connectivity index (χ2n) is 6.33. The largest absolute Gasteiger partial charge is 0.328 e. The maximum atomic E-state index is 5.90. The average Bonchev–Trinajstić information content (AvgIpc) is 2.78. The van der Waals surface area contributed by atoms with Crippen LogP contribution in [0.3, 0.4) is 0 Å². The zero-order valence-electron chi connectivity index (χ0n) is 10.3. The van der Waals surface area contributed by atoms with Crippen LogP contribution >= 0.6 is 0 Å². The molecule has 0 aromatic carbocycles. The van der Waals surface area contributed by atoms with Gasteiger partial charge in [-0.2, -0.15) is 0 Å². The van der Waals surface area contributed by atoms with Crippen LogP contribution in [-0.2, 0) is 0 Å². The van der Waals surface area contributed by atoms with Crippen LogP contribution in [-0.4, -0.2) is 19.1 Å². The van der Waals surface area contributed by atoms with E-state index in [2.05, 4.69) is 19.2 Å². The van der Waals surface area contributed by atoms with Gasteiger partial charge in [0.15, 0.2) is 0 Å². The standard InChI is InChI=1S/C13H26N2/c1-13(2)7-11(13)9-15-8-10-3-5-12(14)6-4-10/h10-12,15H,3-9,14H2,1-2H3. The average molecular weight is 210 g/mol. The molecule has 2 nitrogen and oxygen atoms in total. The topological polar surface area (TPSA) is 38.0 Å². The molecule has 1 atom stereocenters. The van der Waals surface area contributed by atoms with E-state index in [-0.39, 0.29) is 0 Å². The second kappa shape index (κ2) is 4.42. The first kappa shape index (κ1) is 11.4. The minimum atomic E-state index is 0.489. The molecule has 2 aliphatic carbocycles. The van der Waals surface area contributed by atoms with Crippen molar-refractivity contribution >= 4 is 0 Å². The smallest absolute Gasteiger partial charge is 0.00390 e. The van der Waals surface area contributed by atoms with Gasteiger partial charge < -0.3 is 11.1 Å². The lowest BCUT2D eigenvalue weighted by molar-refractivity contribution is 0.312. The molecule has 2 fully saturated rings. The van der Waals surface area contributed by atoms with Crippen molar-refractivity contribution in [1.29, 1.82) is 0 Å². The molecule has 0 spiro atoms. The third-order valence-corrected chi connectivity index (χ3v) is 4.43. The van der Waals surface area contributed by atoms with Crippen LogP contribution in [0.2, 0.25) is 0 Å². The highest BCUT2D eigenvalue weighted by atomic mass is 14.9. The van der Waals surface area contributed by atoms with E-state index in [9.17, 15) is 0 Å². The van der Waals surface area contributed by atoms with E-state index in [1.54, 1.807) is 0 Å². The predicted octanol–water partition coefficient (Wildman–Crippen LogP) is 2.14. The molecule has 0 radical (unpaired) electrons. The highest BCUT2D eigenvalue weighted by Crippen LogP contribution is 2.50. The molecule has 1 unspecified atom stereocenters. The zero-order chi connectivity index (χ0) is 10.9. The van der Waals surface area contributed by atoms with Crippen molar-refractivity contribution in [2.75, 3.05) is 13.1 Å². The van der Waals surface area contributed by atoms with Crippen LogP contribution in [0.4, 0.5) is 0 Å². The van der Waals surface area contributed by atoms with Crippen LogP contribution in [0.15, 0.2) is 0 Å². The lowest BCUT2D eigenvalue weighted by atomic mass is 9.86. The van der Waals surface area contributed by atoms with Crippen molar-refractivity contribution in [3.8, 4) is 0 Å². The van der Waals surface area contributed by atoms with E-state index in [0.717, 1.165) is 11.8 Å². The van der Waals surface area contributed by atoms with Crippen LogP contribution in [0, 0.1) is 17.3 Å². The molecule has 15 heavy (non-hydrogen) atoms. The summed E-state index contributed by atoms with van der Waals surface area (Å²) < 4.78 is 0. The van der Waals surface area contributed by atoms with Gasteiger partial charge in [0.1, 0.15) is 0 Å². The molecule has 0 aromatic rings. The van der Waals surface area contributed by atoms with Crippen molar-refractivity contribution in [2.45, 2.75) is 52.0 Å². The zero-order valence-corrected chi connectivity index (χ0v) is 10.3. The van der Waals surface area contributed by atoms with Gasteiger partial charge in [-0.1, -0.05) is 13.8 Å². The van der Waals surface area contributed by atoms with E-state index in [1.807, 2.05) is 0 Å². The Balaban J connectivity index is 1.55. The van der Waals surface area contributed by atoms with E-state index >= 15 is 0 Å². The summed E-state index contributed by atoms with van der Waals surface area (Å²) in [5, 5.41) is 3.65. The van der Waals surface area contributed by atoms with Crippen molar-refractivity contribution in [3.05, 3.63) is 0 Å². The molecule has 0 heterocycles. The van der Waals surface area contributed by atoms with Crippen molar-refractivity contribution in [2.24, 2.45) is 23.0 Å². The summed E-state index contributed by atoms with van der Waals surface area (Å²) in [5.41, 5.74) is 6.53. The maximum absolute atomic E-state index is 5.90. The normalized spacial score (nSPS) is 39.0. The van der Waals surface area contributed by atoms with E-state index in [1.165, 1.54) is 45.2 Å². The highest BCUT2D eigenvalue weighted by Gasteiger charge is 2.44. The van der Waals surface area contributed by atoms with Gasteiger partial charge in [0.05, 0.1) is 0 Å². The molecule has 0 saturated heterocycles. The van der Waals surface area contributed by atoms with Crippen molar-refractivity contribution < 1.29 is 0 Å². The summed E-state index contributed by atoms with van der Waals surface area (Å²) in [6.45, 7) is 7.20. The molecule has 0 bridgehead atoms. The summed E-state index contributed by atoms with van der Waals surface area (Å²) in [4.78, 5) is 0. The summed E-state index contributed by atoms with van der Waals surface area (Å²) >= 11 is 0. The second-order valence-corrected chi connectivity index (χ2v) is 6.33. The lowest BCUT2D eigenvalue weighted by Gasteiger charge is -2.26. The number of hydrogen-bond acceptors (Lipinski definition) is 2. The predicted molar refractivity (Wildman–Crippen MR) is 64.7 cm³/mol. The van der Waals surface area contributed by atoms with Crippen LogP contribution < -0.4 is 11.1 Å². The molecule has 2 heteroatoms. The van der Waals surface area contributed by atoms with Gasteiger partial charge >= 0.3 is 0 Å². The molecule has 0 aromatic heterocycles. The fourth-order valence-corrected chi connectivity index (χ4v) is 2.78. The fourth-order valence-electron chi connectivity index (χ4n) is 2.78. The van der Waals surface area contributed by atoms with Gasteiger partial charge in [0, 0.05) is 6.04 Å². The fraction of sp³-hybridized carbons (Fsp3) is 1.00. The monoisotopic (exact) mass is 210 g/mol. The molecule has 88 valence electrons. The Morgan fingerprint density at radius 2 is 1.73 bits per heavy atom. The Morgan fingerprint density at radius 3 is 2.27 bits per heavy atom. The van der Waals surface area contributed by atoms with Crippen molar-refractivity contribution in [1.82, 2.24) is 5.32 Å². The Kier molecular flexibility index (Phi) is 3.36. The summed E-state index contributed by atoms with van der Waals surface area (Å²) in [6.07, 6.45) is 6.56. The molecule has 2 rings (SSSR count). The van der Waals surface area contributed by atoms with Gasteiger partial charge in [-0.05, 0) is 62.4 Å². The number of rotatable bonds is 4. The number of nitrogens with one attached hydrogen (secondary N) is 1. The summed E-state index contributed by atoms with van der Waals surface area (Å²) in [5.74, 6) is 1.83. The van der Waals surface area contributed by atoms with Crippen LogP contribution in [0.1, 0.15) is 46.0 Å². The van der Waals surface area contributed by atoms with E-state index in [4.69, 9.17) is 5.73 Å². The van der Waals surface area contributed by atoms with Gasteiger partial charge in [-0.15, -0.1) is 0 Å². The van der Waals surface area contributed by atoms with E-state index in [0.29, 0.717) is 11.5 Å². The molecule has 2 saturated carbocycles. The number of hydrogen-bond donors (Lipinski definition) is 2. The van der Waals surface area contributed by atoms with Gasteiger partial charge in [0.25, 0.3) is 0 Å². The minimum absolute atomic E-state index is 0.489. The molecule has 0 aliphatic heterocycles. The first-order valence-electron chi connectivity index (χ1n) is 6.54. The van der Waals surface area contributed by atoms with Gasteiger partial charge in [-0.25, -0.2) is 0 Å². The van der Waals surface area contributed by atoms with Crippen LogP contribution in [0.5, 0.6) is 0 Å². The Hall–Kier alpha value is -0.0800. The lowest BCUT2D eigenvalue weighted by Crippen LogP contribution is -2.32. The molecular formula is C13H26N2. The van der Waals surface area contributed by atoms with Crippen molar-refractivity contribution in [3.63, 3.8) is 0 Å². The molecular weight excluding hydrogens is 184 g/mol. The minimum Gasteiger partial charge on any atom is -0.328 e. The quantitative estimate of drug-likeness (QED) is 0.746. The number of nitrogens with two attached hydrogens (primary N) is 1. The third-order valence-electron chi connectivity index (χ3n) is 4.43. The molecule has 3 N–H and O–H groups in total. The Morgan fingerprint density at radius 1 is 1.13 bits per heavy atom.